The van der Waals surface area contributed by atoms with Crippen molar-refractivity contribution in [3.63, 3.8) is 0 Å². The molecule has 0 amide bonds. The van der Waals surface area contributed by atoms with Crippen LogP contribution in [-0.2, 0) is 4.79 Å². The average Bonchev–Trinajstić information content (AvgIpc) is 2.50. The first-order chi connectivity index (χ1) is 10.8. The molecule has 0 aliphatic heterocycles. The van der Waals surface area contributed by atoms with E-state index in [0.717, 1.165) is 12.5 Å². The Morgan fingerprint density at radius 1 is 0.727 bits per heavy atom. The molecule has 2 nitrogen and oxygen atoms in total. The zero-order valence-corrected chi connectivity index (χ0v) is 14.3. The summed E-state index contributed by atoms with van der Waals surface area (Å²) < 4.78 is 0. The SMILES string of the molecule is CCCCCC=CCCCCCCCC/C=C\C=CC(=O)O. The minimum Gasteiger partial charge on any atom is -0.478 e. The molecule has 22 heavy (non-hydrogen) atoms. The minimum absolute atomic E-state index is 0.888. The van der Waals surface area contributed by atoms with Crippen LogP contribution in [0.5, 0.6) is 0 Å². The summed E-state index contributed by atoms with van der Waals surface area (Å²) in [5, 5.41) is 8.41. The summed E-state index contributed by atoms with van der Waals surface area (Å²) in [6.07, 6.45) is 26.7. The molecule has 0 unspecified atom stereocenters. The van der Waals surface area contributed by atoms with Crippen molar-refractivity contribution in [1.29, 1.82) is 0 Å². The molecule has 0 heterocycles. The summed E-state index contributed by atoms with van der Waals surface area (Å²) in [6, 6.07) is 0. The van der Waals surface area contributed by atoms with E-state index in [1.54, 1.807) is 6.08 Å². The molecule has 0 radical (unpaired) electrons. The molecule has 0 saturated carbocycles. The number of rotatable bonds is 15. The van der Waals surface area contributed by atoms with Gasteiger partial charge in [-0.25, -0.2) is 4.79 Å². The highest BCUT2D eigenvalue weighted by molar-refractivity contribution is 5.80. The first kappa shape index (κ1) is 20.7. The average molecular weight is 306 g/mol. The summed E-state index contributed by atoms with van der Waals surface area (Å²) in [5.41, 5.74) is 0. The van der Waals surface area contributed by atoms with E-state index in [1.807, 2.05) is 12.2 Å². The second-order valence-electron chi connectivity index (χ2n) is 5.79. The zero-order valence-electron chi connectivity index (χ0n) is 14.3. The van der Waals surface area contributed by atoms with Crippen molar-refractivity contribution in [2.75, 3.05) is 0 Å². The summed E-state index contributed by atoms with van der Waals surface area (Å²) in [5.74, 6) is -0.888. The van der Waals surface area contributed by atoms with Crippen molar-refractivity contribution >= 4 is 5.97 Å². The maximum Gasteiger partial charge on any atom is 0.328 e. The van der Waals surface area contributed by atoms with Gasteiger partial charge in [0.2, 0.25) is 0 Å². The molecular formula is C20H34O2. The van der Waals surface area contributed by atoms with Gasteiger partial charge in [0.15, 0.2) is 0 Å². The van der Waals surface area contributed by atoms with Crippen LogP contribution in [0, 0.1) is 0 Å². The van der Waals surface area contributed by atoms with Crippen LogP contribution in [0.4, 0.5) is 0 Å². The lowest BCUT2D eigenvalue weighted by Gasteiger charge is -1.99. The molecule has 1 N–H and O–H groups in total. The van der Waals surface area contributed by atoms with Crippen molar-refractivity contribution in [3.05, 3.63) is 36.5 Å². The van der Waals surface area contributed by atoms with Gasteiger partial charge in [-0.1, -0.05) is 75.8 Å². The fraction of sp³-hybridized carbons (Fsp3) is 0.650. The van der Waals surface area contributed by atoms with Gasteiger partial charge in [0.05, 0.1) is 0 Å². The Morgan fingerprint density at radius 2 is 1.23 bits per heavy atom. The highest BCUT2D eigenvalue weighted by Crippen LogP contribution is 2.09. The fourth-order valence-electron chi connectivity index (χ4n) is 2.29. The number of hydrogen-bond acceptors (Lipinski definition) is 1. The topological polar surface area (TPSA) is 37.3 Å². The molecule has 0 aromatic heterocycles. The van der Waals surface area contributed by atoms with Gasteiger partial charge in [0.25, 0.3) is 0 Å². The Kier molecular flexibility index (Phi) is 16.7. The lowest BCUT2D eigenvalue weighted by molar-refractivity contribution is -0.131. The van der Waals surface area contributed by atoms with E-state index in [-0.39, 0.29) is 0 Å². The molecule has 0 saturated heterocycles. The van der Waals surface area contributed by atoms with Crippen LogP contribution in [-0.4, -0.2) is 11.1 Å². The summed E-state index contributed by atoms with van der Waals surface area (Å²) in [7, 11) is 0. The molecule has 0 aromatic rings. The van der Waals surface area contributed by atoms with Gasteiger partial charge in [0.1, 0.15) is 0 Å². The Hall–Kier alpha value is -1.31. The maximum atomic E-state index is 10.2. The van der Waals surface area contributed by atoms with E-state index in [9.17, 15) is 4.79 Å². The first-order valence-electron chi connectivity index (χ1n) is 8.98. The van der Waals surface area contributed by atoms with Gasteiger partial charge in [-0.05, 0) is 38.5 Å². The zero-order chi connectivity index (χ0) is 16.3. The molecule has 0 rings (SSSR count). The van der Waals surface area contributed by atoms with Crippen molar-refractivity contribution in [2.45, 2.75) is 84.0 Å². The van der Waals surface area contributed by atoms with E-state index in [0.29, 0.717) is 0 Å². The fourth-order valence-corrected chi connectivity index (χ4v) is 2.29. The second-order valence-corrected chi connectivity index (χ2v) is 5.79. The van der Waals surface area contributed by atoms with Crippen molar-refractivity contribution in [3.8, 4) is 0 Å². The third-order valence-electron chi connectivity index (χ3n) is 3.62. The minimum atomic E-state index is -0.888. The van der Waals surface area contributed by atoms with Crippen LogP contribution >= 0.6 is 0 Å². The Morgan fingerprint density at radius 3 is 1.77 bits per heavy atom. The van der Waals surface area contributed by atoms with E-state index in [2.05, 4.69) is 19.1 Å². The number of carboxylic acid groups (broad SMARTS) is 1. The maximum absolute atomic E-state index is 10.2. The van der Waals surface area contributed by atoms with E-state index >= 15 is 0 Å². The van der Waals surface area contributed by atoms with E-state index < -0.39 is 5.97 Å². The summed E-state index contributed by atoms with van der Waals surface area (Å²) >= 11 is 0. The number of hydrogen-bond donors (Lipinski definition) is 1. The van der Waals surface area contributed by atoms with E-state index in [4.69, 9.17) is 5.11 Å². The third kappa shape index (κ3) is 18.7. The number of carbonyl (C=O) groups is 1. The number of aliphatic carboxylic acids is 1. The quantitative estimate of drug-likeness (QED) is 0.163. The second kappa shape index (κ2) is 17.7. The Balaban J connectivity index is 3.19. The molecule has 2 heteroatoms. The monoisotopic (exact) mass is 306 g/mol. The van der Waals surface area contributed by atoms with Gasteiger partial charge < -0.3 is 5.11 Å². The lowest BCUT2D eigenvalue weighted by Crippen LogP contribution is -1.84. The van der Waals surface area contributed by atoms with Crippen LogP contribution in [0.1, 0.15) is 84.0 Å². The predicted octanol–water partition coefficient (Wildman–Crippen LogP) is 6.44. The van der Waals surface area contributed by atoms with Gasteiger partial charge >= 0.3 is 5.97 Å². The molecule has 0 aliphatic carbocycles. The summed E-state index contributed by atoms with van der Waals surface area (Å²) in [6.45, 7) is 2.25. The first-order valence-corrected chi connectivity index (χ1v) is 8.98. The highest BCUT2D eigenvalue weighted by atomic mass is 16.4. The molecule has 0 spiro atoms. The molecule has 126 valence electrons. The van der Waals surface area contributed by atoms with Crippen LogP contribution < -0.4 is 0 Å². The molecule has 0 fully saturated rings. The van der Waals surface area contributed by atoms with Crippen molar-refractivity contribution < 1.29 is 9.90 Å². The van der Waals surface area contributed by atoms with Crippen LogP contribution in [0.15, 0.2) is 36.5 Å². The summed E-state index contributed by atoms with van der Waals surface area (Å²) in [4.78, 5) is 10.2. The molecule has 0 aromatic carbocycles. The molecule has 0 bridgehead atoms. The smallest absolute Gasteiger partial charge is 0.328 e. The van der Waals surface area contributed by atoms with Crippen LogP contribution in [0.25, 0.3) is 0 Å². The van der Waals surface area contributed by atoms with Crippen LogP contribution in [0.2, 0.25) is 0 Å². The van der Waals surface area contributed by atoms with Crippen molar-refractivity contribution in [2.24, 2.45) is 0 Å². The highest BCUT2D eigenvalue weighted by Gasteiger charge is 1.90. The van der Waals surface area contributed by atoms with Gasteiger partial charge in [-0.2, -0.15) is 0 Å². The molecular weight excluding hydrogens is 272 g/mol. The van der Waals surface area contributed by atoms with Gasteiger partial charge in [-0.15, -0.1) is 0 Å². The Labute approximate surface area is 137 Å². The number of carboxylic acids is 1. The largest absolute Gasteiger partial charge is 0.478 e. The molecule has 0 aliphatic rings. The number of unbranched alkanes of at least 4 members (excludes halogenated alkanes) is 10. The van der Waals surface area contributed by atoms with E-state index in [1.165, 1.54) is 70.6 Å². The lowest BCUT2D eigenvalue weighted by atomic mass is 10.1. The standard InChI is InChI=1S/C20H34O2/c1-2-3-4-5-6-7-8-9-10-11-12-13-14-15-16-17-18-19-20(21)22/h6-7,16-19H,2-5,8-15H2,1H3,(H,21,22)/b7-6?,17-16-,19-18?. The molecule has 0 atom stereocenters. The number of allylic oxidation sites excluding steroid dienone is 5. The Bertz CT molecular complexity index is 327. The third-order valence-corrected chi connectivity index (χ3v) is 3.62. The van der Waals surface area contributed by atoms with Crippen LogP contribution in [0.3, 0.4) is 0 Å². The van der Waals surface area contributed by atoms with Crippen molar-refractivity contribution in [1.82, 2.24) is 0 Å². The van der Waals surface area contributed by atoms with Gasteiger partial charge in [-0.3, -0.25) is 0 Å². The van der Waals surface area contributed by atoms with Gasteiger partial charge in [0, 0.05) is 6.08 Å². The normalized spacial score (nSPS) is 12.0. The predicted molar refractivity (Wildman–Crippen MR) is 96.1 cm³/mol.